The summed E-state index contributed by atoms with van der Waals surface area (Å²) in [7, 11) is 0. The Morgan fingerprint density at radius 3 is 1.69 bits per heavy atom. The standard InChI is InChI=1S/C45H61N5O13.Co/c1-21-36-24(10-13-31(54)55)41(3,4)28(48-36)18-27-23(9-12-30(52)53)43(6,19-29(46)51)39(47-27)22(2)37-25(11-14-32(56)57)44(7,20-35(62)63)45(8,50-37)40-26(17-34(60)61)42(5,38(21)49-40)16-15-33(58)59;/h18,23-26,40H,9-17,19-20H2,1-8H3,(H9,46,47,48,49,50,51,52,53,54,55,56,57,58,59,60,61,62,63);/q;+2/p-1/t23-,24-,25-,26+,40-,42-,43+,44+,45+;/m1./s1. The van der Waals surface area contributed by atoms with Crippen molar-refractivity contribution >= 4 is 58.9 Å². The van der Waals surface area contributed by atoms with E-state index in [1.165, 1.54) is 0 Å². The third-order valence-electron chi connectivity index (χ3n) is 15.2. The average Bonchev–Trinajstić information content (AvgIpc) is 3.75. The molecule has 351 valence electrons. The van der Waals surface area contributed by atoms with E-state index in [-0.39, 0.29) is 67.4 Å². The van der Waals surface area contributed by atoms with Crippen molar-refractivity contribution in [1.29, 1.82) is 0 Å². The van der Waals surface area contributed by atoms with E-state index in [1.54, 1.807) is 47.6 Å². The molecule has 5 heterocycles. The molecule has 8 N–H and O–H groups in total. The molecule has 5 rings (SSSR count). The number of allylic oxidation sites excluding steroid dienone is 6. The summed E-state index contributed by atoms with van der Waals surface area (Å²) in [5.41, 5.74) is 2.35. The Balaban J connectivity index is 0.00000898. The molecule has 0 aromatic carbocycles. The molecule has 0 spiro atoms. The minimum atomic E-state index is -1.62. The normalized spacial score (nSPS) is 35.6. The molecule has 9 atom stereocenters. The van der Waals surface area contributed by atoms with Crippen molar-refractivity contribution in [1.82, 2.24) is 0 Å². The number of fused-ring (bicyclic) bond motifs is 6. The molecular formula is C45H60CoN5O13+. The SMILES string of the molecule is C/C1=C2N=C(/C=C3N=C(/C(C)=C4\[N-][C@@](C)([C@@H]5N=C1[C@](C)(CCC(=O)O)[C@H]5CC(=O)O)[C@@](C)(CC(=O)O)[C@@H]4CCC(=O)O)[C@@](C)(CC(N)=O)[C@@H]\3CCC(=O)O)C(C)(C)[C@@H]/2CCC(=O)O.[Co+2]. The van der Waals surface area contributed by atoms with Crippen molar-refractivity contribution in [2.75, 3.05) is 0 Å². The van der Waals surface area contributed by atoms with Gasteiger partial charge in [0.25, 0.3) is 0 Å². The van der Waals surface area contributed by atoms with E-state index in [9.17, 15) is 64.2 Å². The summed E-state index contributed by atoms with van der Waals surface area (Å²) in [5, 5.41) is 66.6. The molecule has 1 radical (unpaired) electrons. The van der Waals surface area contributed by atoms with E-state index >= 15 is 0 Å². The zero-order valence-corrected chi connectivity index (χ0v) is 38.5. The van der Waals surface area contributed by atoms with Gasteiger partial charge in [0.1, 0.15) is 0 Å². The van der Waals surface area contributed by atoms with Crippen molar-refractivity contribution in [3.8, 4) is 0 Å². The van der Waals surface area contributed by atoms with Gasteiger partial charge >= 0.3 is 52.6 Å². The second-order valence-electron chi connectivity index (χ2n) is 19.5. The van der Waals surface area contributed by atoms with Crippen molar-refractivity contribution in [3.05, 3.63) is 39.6 Å². The number of carboxylic acid groups (broad SMARTS) is 6. The Labute approximate surface area is 381 Å². The first kappa shape index (κ1) is 51.5. The molecule has 1 amide bonds. The number of hydrogen-bond acceptors (Lipinski definition) is 10. The first-order chi connectivity index (χ1) is 29.0. The average molecular weight is 938 g/mol. The number of nitrogens with zero attached hydrogens (tertiary/aromatic N) is 4. The molecule has 1 saturated heterocycles. The quantitative estimate of drug-likeness (QED) is 0.0818. The van der Waals surface area contributed by atoms with E-state index in [2.05, 4.69) is 0 Å². The van der Waals surface area contributed by atoms with Crippen LogP contribution < -0.4 is 5.73 Å². The second-order valence-corrected chi connectivity index (χ2v) is 19.5. The fraction of sp³-hybridized carbons (Fsp3) is 0.644. The fourth-order valence-corrected chi connectivity index (χ4v) is 11.7. The molecule has 19 heteroatoms. The van der Waals surface area contributed by atoms with E-state index in [0.717, 1.165) is 0 Å². The summed E-state index contributed by atoms with van der Waals surface area (Å²) < 4.78 is 0. The van der Waals surface area contributed by atoms with Gasteiger partial charge in [-0.05, 0) is 68.1 Å². The number of primary amides is 1. The van der Waals surface area contributed by atoms with E-state index < -0.39 is 124 Å². The van der Waals surface area contributed by atoms with Crippen LogP contribution in [-0.2, 0) is 50.3 Å². The number of hydrogen-bond donors (Lipinski definition) is 7. The molecule has 18 nitrogen and oxygen atoms in total. The molecule has 0 aromatic rings. The van der Waals surface area contributed by atoms with Gasteiger partial charge in [0, 0.05) is 101 Å². The number of carbonyl (C=O) groups excluding carboxylic acids is 1. The van der Waals surface area contributed by atoms with Crippen LogP contribution in [-0.4, -0.2) is 101 Å². The number of carbonyl (C=O) groups is 7. The number of rotatable bonds is 18. The summed E-state index contributed by atoms with van der Waals surface area (Å²) >= 11 is 0. The summed E-state index contributed by atoms with van der Waals surface area (Å²) in [5.74, 6) is -10.9. The summed E-state index contributed by atoms with van der Waals surface area (Å²) in [6.07, 6.45) is -1.16. The first-order valence-corrected chi connectivity index (χ1v) is 21.3. The maximum atomic E-state index is 13.1. The largest absolute Gasteiger partial charge is 2.00 e. The maximum absolute atomic E-state index is 13.1. The van der Waals surface area contributed by atoms with Gasteiger partial charge < -0.3 is 41.7 Å². The number of aliphatic imine (C=N–C) groups is 3. The van der Waals surface area contributed by atoms with Crippen LogP contribution in [0.1, 0.15) is 126 Å². The Morgan fingerprint density at radius 1 is 0.656 bits per heavy atom. The predicted octanol–water partition coefficient (Wildman–Crippen LogP) is 6.10. The molecule has 0 aliphatic carbocycles. The maximum Gasteiger partial charge on any atom is 2.00 e. The summed E-state index contributed by atoms with van der Waals surface area (Å²) in [4.78, 5) is 104. The van der Waals surface area contributed by atoms with E-state index in [1.807, 2.05) is 13.8 Å². The summed E-state index contributed by atoms with van der Waals surface area (Å²) in [6, 6.07) is -1.14. The first-order valence-electron chi connectivity index (χ1n) is 21.3. The van der Waals surface area contributed by atoms with Gasteiger partial charge in [-0.3, -0.25) is 48.5 Å². The minimum absolute atomic E-state index is 0. The molecule has 5 aliphatic heterocycles. The Morgan fingerprint density at radius 2 is 1.19 bits per heavy atom. The molecule has 0 saturated carbocycles. The molecular weight excluding hydrogens is 877 g/mol. The fourth-order valence-electron chi connectivity index (χ4n) is 11.7. The van der Waals surface area contributed by atoms with Crippen LogP contribution in [0.5, 0.6) is 0 Å². The van der Waals surface area contributed by atoms with Crippen LogP contribution >= 0.6 is 0 Å². The van der Waals surface area contributed by atoms with Crippen molar-refractivity contribution < 1.29 is 81.0 Å². The predicted molar refractivity (Wildman–Crippen MR) is 229 cm³/mol. The number of aliphatic carboxylic acids is 6. The summed E-state index contributed by atoms with van der Waals surface area (Å²) in [6.45, 7) is 14.0. The van der Waals surface area contributed by atoms with Crippen LogP contribution in [0.25, 0.3) is 5.32 Å². The Bertz CT molecular complexity index is 2230. The smallest absolute Gasteiger partial charge is 0.680 e. The topological polar surface area (TPSA) is 318 Å². The number of nitrogens with two attached hydrogens (primary N) is 1. The van der Waals surface area contributed by atoms with Crippen LogP contribution in [0.4, 0.5) is 0 Å². The van der Waals surface area contributed by atoms with Crippen LogP contribution in [0.15, 0.2) is 49.3 Å². The van der Waals surface area contributed by atoms with Crippen LogP contribution in [0.3, 0.4) is 0 Å². The van der Waals surface area contributed by atoms with Crippen molar-refractivity contribution in [2.24, 2.45) is 66.0 Å². The molecule has 64 heavy (non-hydrogen) atoms. The van der Waals surface area contributed by atoms with Gasteiger partial charge in [-0.2, -0.15) is 5.70 Å². The molecule has 5 aliphatic rings. The second kappa shape index (κ2) is 18.4. The third kappa shape index (κ3) is 9.06. The van der Waals surface area contributed by atoms with Crippen LogP contribution in [0, 0.1) is 45.3 Å². The monoisotopic (exact) mass is 937 g/mol. The Kier molecular flexibility index (Phi) is 14.8. The number of carboxylic acids is 6. The van der Waals surface area contributed by atoms with Crippen LogP contribution in [0.2, 0.25) is 0 Å². The van der Waals surface area contributed by atoms with Gasteiger partial charge in [0.05, 0.1) is 12.8 Å². The zero-order chi connectivity index (χ0) is 47.4. The van der Waals surface area contributed by atoms with Gasteiger partial charge in [0.15, 0.2) is 0 Å². The molecule has 1 fully saturated rings. The number of amides is 1. The molecule has 0 unspecified atom stereocenters. The van der Waals surface area contributed by atoms with Crippen molar-refractivity contribution in [3.63, 3.8) is 0 Å². The van der Waals surface area contributed by atoms with E-state index in [4.69, 9.17) is 26.0 Å². The molecule has 8 bridgehead atoms. The van der Waals surface area contributed by atoms with Crippen molar-refractivity contribution in [2.45, 2.75) is 138 Å². The van der Waals surface area contributed by atoms with Gasteiger partial charge in [-0.1, -0.05) is 47.1 Å². The van der Waals surface area contributed by atoms with Gasteiger partial charge in [-0.25, -0.2) is 0 Å². The third-order valence-corrected chi connectivity index (χ3v) is 15.2. The van der Waals surface area contributed by atoms with Gasteiger partial charge in [0.2, 0.25) is 5.91 Å². The zero-order valence-electron chi connectivity index (χ0n) is 37.5. The minimum Gasteiger partial charge on any atom is -0.680 e. The Hall–Kier alpha value is -5.17. The van der Waals surface area contributed by atoms with E-state index in [0.29, 0.717) is 39.7 Å². The molecule has 0 aromatic heterocycles. The van der Waals surface area contributed by atoms with Gasteiger partial charge in [-0.15, -0.1) is 0 Å².